The van der Waals surface area contributed by atoms with Crippen LogP contribution in [0.3, 0.4) is 0 Å². The molecule has 0 bridgehead atoms. The maximum Gasteiger partial charge on any atom is 0.133 e. The van der Waals surface area contributed by atoms with Crippen LogP contribution in [0.2, 0.25) is 0 Å². The first kappa shape index (κ1) is 16.7. The van der Waals surface area contributed by atoms with E-state index in [4.69, 9.17) is 14.0 Å². The fourth-order valence-electron chi connectivity index (χ4n) is 3.93. The molecule has 6 heteroatoms. The molecule has 0 aliphatic carbocycles. The van der Waals surface area contributed by atoms with Crippen molar-refractivity contribution in [1.82, 2.24) is 15.0 Å². The number of piperidine rings is 1. The van der Waals surface area contributed by atoms with Crippen LogP contribution in [-0.2, 0) is 22.6 Å². The summed E-state index contributed by atoms with van der Waals surface area (Å²) in [6.07, 6.45) is 6.99. The number of aromatic nitrogens is 2. The number of rotatable bonds is 5. The zero-order valence-corrected chi connectivity index (χ0v) is 14.7. The van der Waals surface area contributed by atoms with Crippen molar-refractivity contribution < 1.29 is 14.0 Å². The van der Waals surface area contributed by atoms with Gasteiger partial charge in [0.25, 0.3) is 0 Å². The molecule has 2 aromatic rings. The molecule has 0 amide bonds. The third-order valence-corrected chi connectivity index (χ3v) is 5.09. The van der Waals surface area contributed by atoms with Gasteiger partial charge in [-0.05, 0) is 44.0 Å². The smallest absolute Gasteiger partial charge is 0.133 e. The Morgan fingerprint density at radius 1 is 1.36 bits per heavy atom. The van der Waals surface area contributed by atoms with Crippen LogP contribution in [0.5, 0.6) is 0 Å². The second-order valence-corrected chi connectivity index (χ2v) is 7.23. The summed E-state index contributed by atoms with van der Waals surface area (Å²) < 4.78 is 17.5. The minimum absolute atomic E-state index is 0.0695. The molecule has 0 unspecified atom stereocenters. The quantitative estimate of drug-likeness (QED) is 0.832. The van der Waals surface area contributed by atoms with Crippen molar-refractivity contribution in [3.05, 3.63) is 47.6 Å². The maximum atomic E-state index is 6.23. The molecule has 2 atom stereocenters. The standard InChI is InChI=1S/C19H25N3O3/c1-15-9-17(21-25-15)11-22-8-2-5-19(14-22)10-18(13-24-19)23-12-16-3-6-20-7-4-16/h3-4,6-7,9,18H,2,5,8,10-14H2,1H3/t18-,19+/m1/s1. The number of aryl methyl sites for hydroxylation is 1. The number of nitrogens with zero attached hydrogens (tertiary/aromatic N) is 3. The van der Waals surface area contributed by atoms with Crippen LogP contribution in [0, 0.1) is 6.92 Å². The first-order valence-electron chi connectivity index (χ1n) is 9.00. The van der Waals surface area contributed by atoms with Gasteiger partial charge >= 0.3 is 0 Å². The second-order valence-electron chi connectivity index (χ2n) is 7.23. The molecule has 4 rings (SSSR count). The Morgan fingerprint density at radius 3 is 3.04 bits per heavy atom. The van der Waals surface area contributed by atoms with E-state index >= 15 is 0 Å². The number of hydrogen-bond acceptors (Lipinski definition) is 6. The van der Waals surface area contributed by atoms with E-state index in [9.17, 15) is 0 Å². The lowest BCUT2D eigenvalue weighted by molar-refractivity contribution is -0.0551. The molecule has 0 radical (unpaired) electrons. The summed E-state index contributed by atoms with van der Waals surface area (Å²) >= 11 is 0. The van der Waals surface area contributed by atoms with Gasteiger partial charge in [-0.3, -0.25) is 9.88 Å². The molecule has 0 aromatic carbocycles. The highest BCUT2D eigenvalue weighted by Crippen LogP contribution is 2.36. The molecular formula is C19H25N3O3. The fourth-order valence-corrected chi connectivity index (χ4v) is 3.93. The van der Waals surface area contributed by atoms with Crippen LogP contribution in [-0.4, -0.2) is 46.4 Å². The summed E-state index contributed by atoms with van der Waals surface area (Å²) in [5.41, 5.74) is 2.08. The summed E-state index contributed by atoms with van der Waals surface area (Å²) in [7, 11) is 0. The van der Waals surface area contributed by atoms with Crippen molar-refractivity contribution in [2.75, 3.05) is 19.7 Å². The lowest BCUT2D eigenvalue weighted by Gasteiger charge is -2.39. The van der Waals surface area contributed by atoms with Crippen LogP contribution in [0.15, 0.2) is 35.1 Å². The van der Waals surface area contributed by atoms with E-state index in [-0.39, 0.29) is 11.7 Å². The van der Waals surface area contributed by atoms with Crippen molar-refractivity contribution in [1.29, 1.82) is 0 Å². The van der Waals surface area contributed by atoms with E-state index in [1.54, 1.807) is 12.4 Å². The van der Waals surface area contributed by atoms with Gasteiger partial charge in [0.2, 0.25) is 0 Å². The van der Waals surface area contributed by atoms with E-state index in [0.29, 0.717) is 13.2 Å². The highest BCUT2D eigenvalue weighted by molar-refractivity contribution is 5.08. The summed E-state index contributed by atoms with van der Waals surface area (Å²) in [5.74, 6) is 0.864. The van der Waals surface area contributed by atoms with Gasteiger partial charge < -0.3 is 14.0 Å². The SMILES string of the molecule is Cc1cc(CN2CCC[C@]3(C[C@@H](OCc4ccncc4)CO3)C2)no1. The molecular weight excluding hydrogens is 318 g/mol. The zero-order chi connectivity index (χ0) is 17.1. The van der Waals surface area contributed by atoms with Gasteiger partial charge in [0, 0.05) is 38.0 Å². The average Bonchev–Trinajstić information content (AvgIpc) is 3.20. The Hall–Kier alpha value is -1.76. The van der Waals surface area contributed by atoms with E-state index < -0.39 is 0 Å². The van der Waals surface area contributed by atoms with Crippen LogP contribution < -0.4 is 0 Å². The number of pyridine rings is 1. The normalized spacial score (nSPS) is 27.2. The molecule has 2 aliphatic heterocycles. The highest BCUT2D eigenvalue weighted by Gasteiger charge is 2.43. The molecule has 25 heavy (non-hydrogen) atoms. The van der Waals surface area contributed by atoms with Gasteiger partial charge in [-0.2, -0.15) is 0 Å². The second kappa shape index (κ2) is 7.23. The van der Waals surface area contributed by atoms with Gasteiger partial charge in [-0.15, -0.1) is 0 Å². The zero-order valence-electron chi connectivity index (χ0n) is 14.7. The van der Waals surface area contributed by atoms with Gasteiger partial charge in [0.1, 0.15) is 5.76 Å². The maximum absolute atomic E-state index is 6.23. The monoisotopic (exact) mass is 343 g/mol. The topological polar surface area (TPSA) is 60.6 Å². The molecule has 2 aliphatic rings. The molecule has 6 nitrogen and oxygen atoms in total. The van der Waals surface area contributed by atoms with E-state index in [0.717, 1.165) is 55.9 Å². The molecule has 2 aromatic heterocycles. The first-order chi connectivity index (χ1) is 12.2. The Kier molecular flexibility index (Phi) is 4.83. The molecule has 2 saturated heterocycles. The van der Waals surface area contributed by atoms with Crippen LogP contribution in [0.25, 0.3) is 0 Å². The molecule has 0 saturated carbocycles. The predicted molar refractivity (Wildman–Crippen MR) is 91.9 cm³/mol. The largest absolute Gasteiger partial charge is 0.371 e. The Bertz CT molecular complexity index is 690. The predicted octanol–water partition coefficient (Wildman–Crippen LogP) is 2.72. The average molecular weight is 343 g/mol. The lowest BCUT2D eigenvalue weighted by Crippen LogP contribution is -2.47. The molecule has 134 valence electrons. The number of hydrogen-bond donors (Lipinski definition) is 0. The third-order valence-electron chi connectivity index (χ3n) is 5.09. The molecule has 1 spiro atoms. The van der Waals surface area contributed by atoms with Gasteiger partial charge in [0.05, 0.1) is 30.6 Å². The van der Waals surface area contributed by atoms with Crippen molar-refractivity contribution in [2.45, 2.75) is 51.0 Å². The molecule has 4 heterocycles. The van der Waals surface area contributed by atoms with E-state index in [1.165, 1.54) is 0 Å². The summed E-state index contributed by atoms with van der Waals surface area (Å²) in [6, 6.07) is 6.00. The Balaban J connectivity index is 1.31. The Morgan fingerprint density at radius 2 is 2.24 bits per heavy atom. The van der Waals surface area contributed by atoms with Crippen LogP contribution >= 0.6 is 0 Å². The van der Waals surface area contributed by atoms with E-state index in [2.05, 4.69) is 15.0 Å². The number of likely N-dealkylation sites (tertiary alicyclic amines) is 1. The van der Waals surface area contributed by atoms with Crippen molar-refractivity contribution >= 4 is 0 Å². The highest BCUT2D eigenvalue weighted by atomic mass is 16.6. The summed E-state index contributed by atoms with van der Waals surface area (Å²) in [5, 5.41) is 4.12. The number of ether oxygens (including phenoxy) is 2. The van der Waals surface area contributed by atoms with Crippen LogP contribution in [0.4, 0.5) is 0 Å². The Labute approximate surface area is 148 Å². The summed E-state index contributed by atoms with van der Waals surface area (Å²) in [4.78, 5) is 6.46. The minimum Gasteiger partial charge on any atom is -0.371 e. The minimum atomic E-state index is -0.0695. The fraction of sp³-hybridized carbons (Fsp3) is 0.579. The summed E-state index contributed by atoms with van der Waals surface area (Å²) in [6.45, 7) is 6.08. The van der Waals surface area contributed by atoms with Gasteiger partial charge in [-0.25, -0.2) is 0 Å². The van der Waals surface area contributed by atoms with Crippen molar-refractivity contribution in [3.8, 4) is 0 Å². The van der Waals surface area contributed by atoms with Crippen molar-refractivity contribution in [2.24, 2.45) is 0 Å². The molecule has 2 fully saturated rings. The van der Waals surface area contributed by atoms with Gasteiger partial charge in [0.15, 0.2) is 0 Å². The third kappa shape index (κ3) is 4.08. The lowest BCUT2D eigenvalue weighted by atomic mass is 9.89. The van der Waals surface area contributed by atoms with E-state index in [1.807, 2.05) is 25.1 Å². The van der Waals surface area contributed by atoms with Crippen molar-refractivity contribution in [3.63, 3.8) is 0 Å². The van der Waals surface area contributed by atoms with Gasteiger partial charge in [-0.1, -0.05) is 5.16 Å². The molecule has 0 N–H and O–H groups in total. The van der Waals surface area contributed by atoms with Crippen LogP contribution in [0.1, 0.15) is 36.3 Å². The first-order valence-corrected chi connectivity index (χ1v) is 9.00.